The molecule has 4 nitrogen and oxygen atoms in total. The van der Waals surface area contributed by atoms with Gasteiger partial charge in [-0.1, -0.05) is 48.3 Å². The standard InChI is InChI=1S/C21H24Cl2N4/c1-2-16-20(14-5-3-6-15(22)19(14)23)25-13-18(26-16)27-11-9-21(10-12-27)8-4-7-17(21)24/h2-3,5-6,13,17H,1,4,7-12,24H2/t17-/m1/s1. The topological polar surface area (TPSA) is 55.0 Å². The third-order valence-electron chi connectivity index (χ3n) is 6.25. The molecule has 1 aliphatic carbocycles. The molecule has 4 rings (SSSR count). The van der Waals surface area contributed by atoms with Gasteiger partial charge < -0.3 is 10.6 Å². The number of aromatic nitrogens is 2. The van der Waals surface area contributed by atoms with Crippen molar-refractivity contribution in [3.05, 3.63) is 46.7 Å². The summed E-state index contributed by atoms with van der Waals surface area (Å²) in [6.07, 6.45) is 9.49. The van der Waals surface area contributed by atoms with Crippen molar-refractivity contribution < 1.29 is 0 Å². The lowest BCUT2D eigenvalue weighted by Gasteiger charge is -2.42. The van der Waals surface area contributed by atoms with Gasteiger partial charge in [-0.25, -0.2) is 4.98 Å². The van der Waals surface area contributed by atoms with E-state index in [1.807, 2.05) is 18.3 Å². The molecule has 2 aliphatic rings. The average Bonchev–Trinajstić information content (AvgIpc) is 3.04. The van der Waals surface area contributed by atoms with E-state index in [0.29, 0.717) is 27.2 Å². The molecule has 0 unspecified atom stereocenters. The van der Waals surface area contributed by atoms with Crippen LogP contribution < -0.4 is 10.6 Å². The highest BCUT2D eigenvalue weighted by atomic mass is 35.5. The first kappa shape index (κ1) is 18.7. The zero-order valence-electron chi connectivity index (χ0n) is 15.3. The van der Waals surface area contributed by atoms with E-state index in [1.165, 1.54) is 12.8 Å². The predicted molar refractivity (Wildman–Crippen MR) is 113 cm³/mol. The van der Waals surface area contributed by atoms with Gasteiger partial charge in [0.25, 0.3) is 0 Å². The minimum atomic E-state index is 0.333. The van der Waals surface area contributed by atoms with E-state index in [1.54, 1.807) is 12.1 Å². The number of nitrogens with zero attached hydrogens (tertiary/aromatic N) is 3. The van der Waals surface area contributed by atoms with Crippen molar-refractivity contribution in [1.82, 2.24) is 9.97 Å². The maximum Gasteiger partial charge on any atom is 0.147 e. The van der Waals surface area contributed by atoms with Crippen molar-refractivity contribution >= 4 is 35.1 Å². The van der Waals surface area contributed by atoms with Gasteiger partial charge >= 0.3 is 0 Å². The Kier molecular flexibility index (Phi) is 5.15. The second-order valence-corrected chi connectivity index (χ2v) is 8.40. The Labute approximate surface area is 170 Å². The van der Waals surface area contributed by atoms with Crippen LogP contribution in [0.4, 0.5) is 5.82 Å². The van der Waals surface area contributed by atoms with E-state index >= 15 is 0 Å². The summed E-state index contributed by atoms with van der Waals surface area (Å²) in [6.45, 7) is 5.85. The highest BCUT2D eigenvalue weighted by Crippen LogP contribution is 2.46. The number of rotatable bonds is 3. The lowest BCUT2D eigenvalue weighted by molar-refractivity contribution is 0.197. The Hall–Kier alpha value is -1.62. The van der Waals surface area contributed by atoms with Crippen LogP contribution in [0.5, 0.6) is 0 Å². The quantitative estimate of drug-likeness (QED) is 0.766. The third-order valence-corrected chi connectivity index (χ3v) is 7.07. The van der Waals surface area contributed by atoms with Crippen molar-refractivity contribution in [2.45, 2.75) is 38.1 Å². The smallest absolute Gasteiger partial charge is 0.147 e. The fraction of sp³-hybridized carbons (Fsp3) is 0.429. The number of piperidine rings is 1. The third kappa shape index (κ3) is 3.35. The minimum Gasteiger partial charge on any atom is -0.355 e. The molecule has 1 spiro atoms. The summed E-state index contributed by atoms with van der Waals surface area (Å²) in [7, 11) is 0. The molecule has 0 amide bonds. The van der Waals surface area contributed by atoms with Crippen LogP contribution >= 0.6 is 23.2 Å². The molecule has 2 N–H and O–H groups in total. The zero-order valence-corrected chi connectivity index (χ0v) is 16.8. The fourth-order valence-corrected chi connectivity index (χ4v) is 4.94. The van der Waals surface area contributed by atoms with Gasteiger partial charge in [0.15, 0.2) is 0 Å². The largest absolute Gasteiger partial charge is 0.355 e. The zero-order chi connectivity index (χ0) is 19.0. The molecule has 0 bridgehead atoms. The molecular weight excluding hydrogens is 379 g/mol. The molecule has 2 fully saturated rings. The molecule has 1 saturated heterocycles. The Bertz CT molecular complexity index is 859. The molecular formula is C21H24Cl2N4. The Morgan fingerprint density at radius 3 is 2.67 bits per heavy atom. The molecule has 6 heteroatoms. The van der Waals surface area contributed by atoms with E-state index < -0.39 is 0 Å². The summed E-state index contributed by atoms with van der Waals surface area (Å²) >= 11 is 12.5. The highest BCUT2D eigenvalue weighted by Gasteiger charge is 2.43. The first-order chi connectivity index (χ1) is 13.0. The highest BCUT2D eigenvalue weighted by molar-refractivity contribution is 6.43. The van der Waals surface area contributed by atoms with Crippen LogP contribution in [-0.2, 0) is 0 Å². The fourth-order valence-electron chi connectivity index (χ4n) is 4.55. The SMILES string of the molecule is C=Cc1nc(N2CCC3(CCC[C@H]3N)CC2)cnc1-c1cccc(Cl)c1Cl. The van der Waals surface area contributed by atoms with Gasteiger partial charge in [0.05, 0.1) is 27.6 Å². The lowest BCUT2D eigenvalue weighted by Crippen LogP contribution is -2.47. The summed E-state index contributed by atoms with van der Waals surface area (Å²) < 4.78 is 0. The van der Waals surface area contributed by atoms with Crippen LogP contribution in [0.3, 0.4) is 0 Å². The first-order valence-corrected chi connectivity index (χ1v) is 10.2. The Balaban J connectivity index is 1.59. The van der Waals surface area contributed by atoms with Gasteiger partial charge in [0.2, 0.25) is 0 Å². The number of anilines is 1. The van der Waals surface area contributed by atoms with Crippen molar-refractivity contribution in [1.29, 1.82) is 0 Å². The number of halogens is 2. The molecule has 1 aromatic carbocycles. The molecule has 0 radical (unpaired) electrons. The molecule has 142 valence electrons. The summed E-state index contributed by atoms with van der Waals surface area (Å²) in [4.78, 5) is 11.8. The van der Waals surface area contributed by atoms with Crippen molar-refractivity contribution in [3.63, 3.8) is 0 Å². The van der Waals surface area contributed by atoms with E-state index in [-0.39, 0.29) is 0 Å². The number of nitrogens with two attached hydrogens (primary N) is 1. The van der Waals surface area contributed by atoms with Gasteiger partial charge in [0, 0.05) is 24.7 Å². The molecule has 2 aromatic rings. The molecule has 2 heterocycles. The maximum absolute atomic E-state index is 6.40. The van der Waals surface area contributed by atoms with E-state index in [4.69, 9.17) is 33.9 Å². The number of hydrogen-bond donors (Lipinski definition) is 1. The molecule has 1 aromatic heterocycles. The van der Waals surface area contributed by atoms with E-state index in [0.717, 1.165) is 49.4 Å². The van der Waals surface area contributed by atoms with Crippen molar-refractivity contribution in [2.75, 3.05) is 18.0 Å². The second-order valence-electron chi connectivity index (χ2n) is 7.62. The van der Waals surface area contributed by atoms with E-state index in [9.17, 15) is 0 Å². The Morgan fingerprint density at radius 1 is 1.22 bits per heavy atom. The monoisotopic (exact) mass is 402 g/mol. The van der Waals surface area contributed by atoms with Crippen LogP contribution in [0.25, 0.3) is 17.3 Å². The first-order valence-electron chi connectivity index (χ1n) is 9.48. The minimum absolute atomic E-state index is 0.333. The van der Waals surface area contributed by atoms with Gasteiger partial charge in [-0.15, -0.1) is 0 Å². The van der Waals surface area contributed by atoms with E-state index in [2.05, 4.69) is 16.5 Å². The number of hydrogen-bond acceptors (Lipinski definition) is 4. The van der Waals surface area contributed by atoms with Crippen LogP contribution in [0.1, 0.15) is 37.8 Å². The van der Waals surface area contributed by atoms with Gasteiger partial charge in [-0.05, 0) is 43.2 Å². The average molecular weight is 403 g/mol. The van der Waals surface area contributed by atoms with Crippen molar-refractivity contribution in [3.8, 4) is 11.3 Å². The summed E-state index contributed by atoms with van der Waals surface area (Å²) in [6, 6.07) is 5.87. The van der Waals surface area contributed by atoms with Crippen molar-refractivity contribution in [2.24, 2.45) is 11.1 Å². The van der Waals surface area contributed by atoms with Crippen LogP contribution in [0.2, 0.25) is 10.0 Å². The Morgan fingerprint density at radius 2 is 2.00 bits per heavy atom. The molecule has 1 atom stereocenters. The normalized spacial score (nSPS) is 21.6. The second kappa shape index (κ2) is 7.42. The summed E-state index contributed by atoms with van der Waals surface area (Å²) in [5, 5.41) is 0.990. The van der Waals surface area contributed by atoms with Crippen LogP contribution in [0.15, 0.2) is 31.0 Å². The van der Waals surface area contributed by atoms with Gasteiger partial charge in [-0.3, -0.25) is 4.98 Å². The maximum atomic E-state index is 6.40. The predicted octanol–water partition coefficient (Wildman–Crippen LogP) is 5.19. The molecule has 1 saturated carbocycles. The number of benzene rings is 1. The summed E-state index contributed by atoms with van der Waals surface area (Å²) in [5.41, 5.74) is 8.92. The molecule has 27 heavy (non-hydrogen) atoms. The summed E-state index contributed by atoms with van der Waals surface area (Å²) in [5.74, 6) is 0.883. The molecule has 1 aliphatic heterocycles. The van der Waals surface area contributed by atoms with Crippen LogP contribution in [-0.4, -0.2) is 29.1 Å². The van der Waals surface area contributed by atoms with Gasteiger partial charge in [0.1, 0.15) is 5.82 Å². The van der Waals surface area contributed by atoms with Gasteiger partial charge in [-0.2, -0.15) is 0 Å². The van der Waals surface area contributed by atoms with Crippen LogP contribution in [0, 0.1) is 5.41 Å². The lowest BCUT2D eigenvalue weighted by atomic mass is 9.74.